The van der Waals surface area contributed by atoms with E-state index < -0.39 is 31.1 Å². The van der Waals surface area contributed by atoms with Gasteiger partial charge in [-0.25, -0.2) is 15.0 Å². The van der Waals surface area contributed by atoms with Crippen LogP contribution in [0.4, 0.5) is 5.82 Å². The largest absolute Gasteiger partial charge is 0.477 e. The molecule has 166 valence electrons. The number of imidazole rings is 1. The van der Waals surface area contributed by atoms with Crippen LogP contribution in [0.15, 0.2) is 24.5 Å². The van der Waals surface area contributed by atoms with Crippen molar-refractivity contribution in [3.8, 4) is 29.1 Å². The highest BCUT2D eigenvalue weighted by Crippen LogP contribution is 2.40. The molecule has 2 aliphatic rings. The van der Waals surface area contributed by atoms with Gasteiger partial charge in [-0.05, 0) is 18.1 Å². The fraction of sp³-hybridized carbons (Fsp3) is 0.350. The lowest BCUT2D eigenvalue weighted by Crippen LogP contribution is -2.33. The standard InChI is InChI=1S/C20H19N5O7/c21-18-14-19(25(8-22-14)20-16(28)15(27)12(7-26)32-20)24-13(23-18)5-2-6-29-10-3-1-4-11-17(10)31-9-30-11/h1,3-4,8,12,15-16,20,26-28H,6-7,9H2,(H2,21,23,24). The molecule has 3 aromatic rings. The number of nitrogens with zero attached hydrogens (tertiary/aromatic N) is 4. The molecule has 4 heterocycles. The summed E-state index contributed by atoms with van der Waals surface area (Å²) in [7, 11) is 0. The number of nitrogen functional groups attached to an aromatic ring is 1. The van der Waals surface area contributed by atoms with Gasteiger partial charge in [0, 0.05) is 0 Å². The molecule has 2 aromatic heterocycles. The predicted octanol–water partition coefficient (Wildman–Crippen LogP) is -0.821. The van der Waals surface area contributed by atoms with Crippen LogP contribution in [0.5, 0.6) is 17.2 Å². The van der Waals surface area contributed by atoms with Crippen LogP contribution in [-0.4, -0.2) is 73.2 Å². The van der Waals surface area contributed by atoms with Crippen molar-refractivity contribution in [3.05, 3.63) is 30.4 Å². The summed E-state index contributed by atoms with van der Waals surface area (Å²) in [6.45, 7) is -0.274. The van der Waals surface area contributed by atoms with E-state index in [-0.39, 0.29) is 30.7 Å². The average Bonchev–Trinajstić information content (AvgIpc) is 3.50. The van der Waals surface area contributed by atoms with Gasteiger partial charge >= 0.3 is 0 Å². The maximum atomic E-state index is 10.3. The van der Waals surface area contributed by atoms with Gasteiger partial charge in [0.25, 0.3) is 0 Å². The molecular weight excluding hydrogens is 422 g/mol. The summed E-state index contributed by atoms with van der Waals surface area (Å²) >= 11 is 0. The zero-order chi connectivity index (χ0) is 22.2. The molecule has 12 heteroatoms. The smallest absolute Gasteiger partial charge is 0.231 e. The second-order valence-corrected chi connectivity index (χ2v) is 7.07. The number of para-hydroxylation sites is 1. The predicted molar refractivity (Wildman–Crippen MR) is 108 cm³/mol. The van der Waals surface area contributed by atoms with Crippen molar-refractivity contribution in [3.63, 3.8) is 0 Å². The molecule has 4 unspecified atom stereocenters. The van der Waals surface area contributed by atoms with Crippen LogP contribution < -0.4 is 19.9 Å². The lowest BCUT2D eigenvalue weighted by atomic mass is 10.1. The third-order valence-electron chi connectivity index (χ3n) is 5.10. The second-order valence-electron chi connectivity index (χ2n) is 7.07. The van der Waals surface area contributed by atoms with Crippen LogP contribution in [0, 0.1) is 11.8 Å². The Hall–Kier alpha value is -3.63. The van der Waals surface area contributed by atoms with Crippen molar-refractivity contribution in [2.24, 2.45) is 0 Å². The molecule has 0 bridgehead atoms. The molecule has 2 aliphatic heterocycles. The number of benzene rings is 1. The Morgan fingerprint density at radius 1 is 1.22 bits per heavy atom. The lowest BCUT2D eigenvalue weighted by Gasteiger charge is -2.16. The zero-order valence-corrected chi connectivity index (χ0v) is 16.6. The SMILES string of the molecule is Nc1nc(C#CCOc2cccc3c2OCO3)nc2c1ncn2C1OC(CO)C(O)C1O. The van der Waals surface area contributed by atoms with Gasteiger partial charge in [-0.2, -0.15) is 0 Å². The number of hydrogen-bond acceptors (Lipinski definition) is 11. The molecule has 0 aliphatic carbocycles. The number of aromatic nitrogens is 4. The number of anilines is 1. The fourth-order valence-electron chi connectivity index (χ4n) is 3.54. The van der Waals surface area contributed by atoms with Gasteiger partial charge < -0.3 is 40.0 Å². The fourth-order valence-corrected chi connectivity index (χ4v) is 3.54. The summed E-state index contributed by atoms with van der Waals surface area (Å²) in [5.74, 6) is 7.44. The number of aliphatic hydroxyl groups is 3. The van der Waals surface area contributed by atoms with E-state index in [0.29, 0.717) is 22.8 Å². The van der Waals surface area contributed by atoms with Gasteiger partial charge in [0.05, 0.1) is 12.9 Å². The first-order valence-corrected chi connectivity index (χ1v) is 9.69. The first-order chi connectivity index (χ1) is 15.6. The molecule has 12 nitrogen and oxygen atoms in total. The molecule has 1 saturated heterocycles. The van der Waals surface area contributed by atoms with Gasteiger partial charge in [0.1, 0.15) is 30.4 Å². The third kappa shape index (κ3) is 3.43. The number of rotatable bonds is 4. The molecule has 0 amide bonds. The Labute approximate surface area is 181 Å². The molecule has 0 spiro atoms. The van der Waals surface area contributed by atoms with Crippen LogP contribution in [0.3, 0.4) is 0 Å². The van der Waals surface area contributed by atoms with Gasteiger partial charge in [-0.1, -0.05) is 12.0 Å². The van der Waals surface area contributed by atoms with Crippen LogP contribution in [-0.2, 0) is 4.74 Å². The number of aliphatic hydroxyl groups excluding tert-OH is 3. The second kappa shape index (κ2) is 8.13. The van der Waals surface area contributed by atoms with E-state index in [0.717, 1.165) is 0 Å². The number of fused-ring (bicyclic) bond motifs is 2. The monoisotopic (exact) mass is 441 g/mol. The van der Waals surface area contributed by atoms with Crippen LogP contribution in [0.25, 0.3) is 11.2 Å². The van der Waals surface area contributed by atoms with Crippen LogP contribution in [0.2, 0.25) is 0 Å². The number of nitrogens with two attached hydrogens (primary N) is 1. The highest BCUT2D eigenvalue weighted by Gasteiger charge is 2.44. The minimum absolute atomic E-state index is 0.0369. The summed E-state index contributed by atoms with van der Waals surface area (Å²) < 4.78 is 23.3. The van der Waals surface area contributed by atoms with E-state index in [9.17, 15) is 15.3 Å². The Morgan fingerprint density at radius 3 is 2.91 bits per heavy atom. The van der Waals surface area contributed by atoms with E-state index in [1.54, 1.807) is 18.2 Å². The van der Waals surface area contributed by atoms with E-state index in [1.807, 2.05) is 0 Å². The summed E-state index contributed by atoms with van der Waals surface area (Å²) in [6.07, 6.45) is -3.12. The Bertz CT molecular complexity index is 1220. The van der Waals surface area contributed by atoms with Gasteiger partial charge in [-0.3, -0.25) is 4.57 Å². The van der Waals surface area contributed by atoms with Crippen molar-refractivity contribution >= 4 is 17.0 Å². The van der Waals surface area contributed by atoms with Gasteiger partial charge in [0.15, 0.2) is 29.2 Å². The van der Waals surface area contributed by atoms with E-state index in [4.69, 9.17) is 24.7 Å². The molecule has 1 fully saturated rings. The molecule has 4 atom stereocenters. The van der Waals surface area contributed by atoms with Crippen molar-refractivity contribution < 1.29 is 34.3 Å². The Kier molecular flexibility index (Phi) is 5.16. The highest BCUT2D eigenvalue weighted by molar-refractivity contribution is 5.82. The minimum Gasteiger partial charge on any atom is -0.477 e. The van der Waals surface area contributed by atoms with Crippen molar-refractivity contribution in [2.75, 3.05) is 25.7 Å². The molecular formula is C20H19N5O7. The molecule has 5 N–H and O–H groups in total. The molecule has 5 rings (SSSR count). The molecule has 0 saturated carbocycles. The van der Waals surface area contributed by atoms with E-state index in [2.05, 4.69) is 26.8 Å². The minimum atomic E-state index is -1.29. The highest BCUT2D eigenvalue weighted by atomic mass is 16.7. The topological polar surface area (TPSA) is 167 Å². The normalized spacial score (nSPS) is 23.8. The zero-order valence-electron chi connectivity index (χ0n) is 16.6. The summed E-state index contributed by atoms with van der Waals surface area (Å²) in [5.41, 5.74) is 6.55. The quantitative estimate of drug-likeness (QED) is 0.373. The van der Waals surface area contributed by atoms with Crippen molar-refractivity contribution in [2.45, 2.75) is 24.5 Å². The molecule has 1 aromatic carbocycles. The molecule has 0 radical (unpaired) electrons. The number of hydrogen-bond donors (Lipinski definition) is 4. The molecule has 32 heavy (non-hydrogen) atoms. The number of ether oxygens (including phenoxy) is 4. The van der Waals surface area contributed by atoms with Gasteiger partial charge in [-0.15, -0.1) is 0 Å². The first kappa shape index (κ1) is 20.3. The average molecular weight is 441 g/mol. The summed E-state index contributed by atoms with van der Waals surface area (Å²) in [4.78, 5) is 12.6. The lowest BCUT2D eigenvalue weighted by molar-refractivity contribution is -0.0511. The third-order valence-corrected chi connectivity index (χ3v) is 5.10. The van der Waals surface area contributed by atoms with Crippen molar-refractivity contribution in [1.82, 2.24) is 19.5 Å². The van der Waals surface area contributed by atoms with Crippen molar-refractivity contribution in [1.29, 1.82) is 0 Å². The Morgan fingerprint density at radius 2 is 2.09 bits per heavy atom. The van der Waals surface area contributed by atoms with Crippen LogP contribution >= 0.6 is 0 Å². The van der Waals surface area contributed by atoms with Gasteiger partial charge in [0.2, 0.25) is 18.4 Å². The summed E-state index contributed by atoms with van der Waals surface area (Å²) in [6, 6.07) is 5.31. The van der Waals surface area contributed by atoms with Crippen LogP contribution in [0.1, 0.15) is 12.1 Å². The maximum absolute atomic E-state index is 10.3. The maximum Gasteiger partial charge on any atom is 0.231 e. The Balaban J connectivity index is 1.37. The van der Waals surface area contributed by atoms with E-state index >= 15 is 0 Å². The van der Waals surface area contributed by atoms with E-state index in [1.165, 1.54) is 10.9 Å². The first-order valence-electron chi connectivity index (χ1n) is 9.69. The summed E-state index contributed by atoms with van der Waals surface area (Å²) in [5, 5.41) is 29.6.